The topological polar surface area (TPSA) is 58.6 Å². The maximum absolute atomic E-state index is 10.2. The summed E-state index contributed by atoms with van der Waals surface area (Å²) in [5.41, 5.74) is 1.90. The summed E-state index contributed by atoms with van der Waals surface area (Å²) in [6, 6.07) is 0. The lowest BCUT2D eigenvalue weighted by atomic mass is 10.2. The van der Waals surface area contributed by atoms with Gasteiger partial charge in [-0.2, -0.15) is 0 Å². The number of hydrogen-bond donors (Lipinski definition) is 2. The van der Waals surface area contributed by atoms with Gasteiger partial charge in [0.15, 0.2) is 0 Å². The average molecular weight is 201 g/mol. The van der Waals surface area contributed by atoms with E-state index >= 15 is 0 Å². The molecule has 0 amide bonds. The van der Waals surface area contributed by atoms with Crippen molar-refractivity contribution < 1.29 is 14.6 Å². The Morgan fingerprint density at radius 1 is 1.43 bits per heavy atom. The van der Waals surface area contributed by atoms with Gasteiger partial charge in [-0.1, -0.05) is 19.4 Å². The first-order chi connectivity index (χ1) is 6.43. The molecule has 0 fully saturated rings. The lowest BCUT2D eigenvalue weighted by molar-refractivity contribution is 0.0980. The monoisotopic (exact) mass is 201 g/mol. The molecule has 0 rings (SSSR count). The van der Waals surface area contributed by atoms with E-state index in [1.54, 1.807) is 0 Å². The fraction of sp³-hybridized carbons (Fsp3) is 0.700. The predicted octanol–water partition coefficient (Wildman–Crippen LogP) is 2.22. The SMILES string of the molecule is CC(C)=C(COC(=O)O)NCC(C)C. The smallest absolute Gasteiger partial charge is 0.450 e. The van der Waals surface area contributed by atoms with E-state index in [-0.39, 0.29) is 6.61 Å². The third-order valence-corrected chi connectivity index (χ3v) is 1.67. The van der Waals surface area contributed by atoms with Crippen LogP contribution in [0.5, 0.6) is 0 Å². The van der Waals surface area contributed by atoms with Gasteiger partial charge in [-0.05, 0) is 19.8 Å². The molecule has 0 aliphatic carbocycles. The van der Waals surface area contributed by atoms with Crippen LogP contribution in [0.2, 0.25) is 0 Å². The van der Waals surface area contributed by atoms with Crippen LogP contribution in [0.3, 0.4) is 0 Å². The molecule has 0 unspecified atom stereocenters. The highest BCUT2D eigenvalue weighted by Gasteiger charge is 2.04. The first-order valence-corrected chi connectivity index (χ1v) is 4.69. The van der Waals surface area contributed by atoms with Crippen molar-refractivity contribution in [2.75, 3.05) is 13.2 Å². The van der Waals surface area contributed by atoms with Crippen molar-refractivity contribution in [3.05, 3.63) is 11.3 Å². The summed E-state index contributed by atoms with van der Waals surface area (Å²) in [5, 5.41) is 11.5. The Balaban J connectivity index is 4.06. The molecule has 0 saturated carbocycles. The van der Waals surface area contributed by atoms with E-state index in [0.29, 0.717) is 5.92 Å². The van der Waals surface area contributed by atoms with E-state index in [9.17, 15) is 4.79 Å². The standard InChI is InChI=1S/C10H19NO3/c1-7(2)5-11-9(8(3)4)6-14-10(12)13/h7,11H,5-6H2,1-4H3,(H,12,13). The maximum atomic E-state index is 10.2. The molecule has 0 atom stereocenters. The molecule has 4 nitrogen and oxygen atoms in total. The number of ether oxygens (including phenoxy) is 1. The summed E-state index contributed by atoms with van der Waals surface area (Å²) in [6.07, 6.45) is -1.24. The molecule has 0 aliphatic heterocycles. The van der Waals surface area contributed by atoms with Gasteiger partial charge in [-0.25, -0.2) is 4.79 Å². The van der Waals surface area contributed by atoms with Crippen LogP contribution < -0.4 is 5.32 Å². The van der Waals surface area contributed by atoms with E-state index in [2.05, 4.69) is 23.9 Å². The summed E-state index contributed by atoms with van der Waals surface area (Å²) in [7, 11) is 0. The predicted molar refractivity (Wildman–Crippen MR) is 55.2 cm³/mol. The summed E-state index contributed by atoms with van der Waals surface area (Å²) >= 11 is 0. The molecule has 2 N–H and O–H groups in total. The van der Waals surface area contributed by atoms with Crippen molar-refractivity contribution in [2.45, 2.75) is 27.7 Å². The zero-order valence-electron chi connectivity index (χ0n) is 9.26. The third kappa shape index (κ3) is 6.34. The van der Waals surface area contributed by atoms with Gasteiger partial charge < -0.3 is 15.2 Å². The van der Waals surface area contributed by atoms with Crippen LogP contribution in [-0.4, -0.2) is 24.4 Å². The second kappa shape index (κ2) is 6.29. The summed E-state index contributed by atoms with van der Waals surface area (Å²) < 4.78 is 4.49. The van der Waals surface area contributed by atoms with Gasteiger partial charge in [0.05, 0.1) is 0 Å². The molecule has 0 radical (unpaired) electrons. The van der Waals surface area contributed by atoms with Gasteiger partial charge in [-0.3, -0.25) is 0 Å². The van der Waals surface area contributed by atoms with Crippen LogP contribution in [0, 0.1) is 5.92 Å². The van der Waals surface area contributed by atoms with Gasteiger partial charge in [0, 0.05) is 12.2 Å². The summed E-state index contributed by atoms with van der Waals surface area (Å²) in [4.78, 5) is 10.2. The number of carboxylic acid groups (broad SMARTS) is 1. The Labute approximate surface area is 85.0 Å². The minimum atomic E-state index is -1.24. The molecule has 0 aliphatic rings. The van der Waals surface area contributed by atoms with Gasteiger partial charge >= 0.3 is 6.16 Å². The second-order valence-corrected chi connectivity index (χ2v) is 3.81. The Bertz CT molecular complexity index is 217. The Morgan fingerprint density at radius 3 is 2.36 bits per heavy atom. The Morgan fingerprint density at radius 2 is 2.00 bits per heavy atom. The highest BCUT2D eigenvalue weighted by Crippen LogP contribution is 2.01. The molecule has 0 aromatic rings. The van der Waals surface area contributed by atoms with Crippen molar-refractivity contribution in [1.29, 1.82) is 0 Å². The fourth-order valence-electron chi connectivity index (χ4n) is 0.833. The van der Waals surface area contributed by atoms with Crippen LogP contribution in [0.1, 0.15) is 27.7 Å². The van der Waals surface area contributed by atoms with Gasteiger partial charge in [0.1, 0.15) is 6.61 Å². The van der Waals surface area contributed by atoms with Gasteiger partial charge in [-0.15, -0.1) is 0 Å². The molecule has 0 heterocycles. The van der Waals surface area contributed by atoms with E-state index in [0.717, 1.165) is 17.8 Å². The van der Waals surface area contributed by atoms with Crippen molar-refractivity contribution in [3.8, 4) is 0 Å². The highest BCUT2D eigenvalue weighted by molar-refractivity contribution is 5.57. The number of nitrogens with one attached hydrogen (secondary N) is 1. The van der Waals surface area contributed by atoms with E-state index in [1.807, 2.05) is 13.8 Å². The molecular weight excluding hydrogens is 182 g/mol. The first kappa shape index (κ1) is 12.8. The molecule has 0 aromatic carbocycles. The minimum Gasteiger partial charge on any atom is -0.450 e. The molecule has 0 aromatic heterocycles. The van der Waals surface area contributed by atoms with Crippen LogP contribution in [-0.2, 0) is 4.74 Å². The van der Waals surface area contributed by atoms with E-state index in [1.165, 1.54) is 0 Å². The largest absolute Gasteiger partial charge is 0.506 e. The molecule has 0 bridgehead atoms. The summed E-state index contributed by atoms with van der Waals surface area (Å²) in [5.74, 6) is 0.522. The number of hydrogen-bond acceptors (Lipinski definition) is 3. The first-order valence-electron chi connectivity index (χ1n) is 4.69. The van der Waals surface area contributed by atoms with Gasteiger partial charge in [0.25, 0.3) is 0 Å². The highest BCUT2D eigenvalue weighted by atomic mass is 16.7. The third-order valence-electron chi connectivity index (χ3n) is 1.67. The average Bonchev–Trinajstić information content (AvgIpc) is 2.02. The van der Waals surface area contributed by atoms with E-state index < -0.39 is 6.16 Å². The molecule has 14 heavy (non-hydrogen) atoms. The van der Waals surface area contributed by atoms with Crippen molar-refractivity contribution in [1.82, 2.24) is 5.32 Å². The number of rotatable bonds is 5. The Kier molecular flexibility index (Phi) is 5.76. The molecule has 82 valence electrons. The van der Waals surface area contributed by atoms with Crippen LogP contribution >= 0.6 is 0 Å². The zero-order valence-corrected chi connectivity index (χ0v) is 9.26. The van der Waals surface area contributed by atoms with E-state index in [4.69, 9.17) is 5.11 Å². The number of allylic oxidation sites excluding steroid dienone is 1. The molecule has 0 saturated heterocycles. The zero-order chi connectivity index (χ0) is 11.1. The maximum Gasteiger partial charge on any atom is 0.506 e. The van der Waals surface area contributed by atoms with Crippen molar-refractivity contribution in [2.24, 2.45) is 5.92 Å². The second-order valence-electron chi connectivity index (χ2n) is 3.81. The lowest BCUT2D eigenvalue weighted by Crippen LogP contribution is -2.24. The van der Waals surface area contributed by atoms with Crippen LogP contribution in [0.15, 0.2) is 11.3 Å². The Hall–Kier alpha value is -1.19. The molecule has 0 spiro atoms. The van der Waals surface area contributed by atoms with Gasteiger partial charge in [0.2, 0.25) is 0 Å². The normalized spacial score (nSPS) is 9.79. The van der Waals surface area contributed by atoms with Crippen LogP contribution in [0.25, 0.3) is 0 Å². The summed E-state index contributed by atoms with van der Waals surface area (Å²) in [6.45, 7) is 8.96. The fourth-order valence-corrected chi connectivity index (χ4v) is 0.833. The number of carbonyl (C=O) groups is 1. The van der Waals surface area contributed by atoms with Crippen molar-refractivity contribution in [3.63, 3.8) is 0 Å². The quantitative estimate of drug-likeness (QED) is 0.669. The van der Waals surface area contributed by atoms with Crippen LogP contribution in [0.4, 0.5) is 4.79 Å². The molecular formula is C10H19NO3. The lowest BCUT2D eigenvalue weighted by Gasteiger charge is -2.14. The van der Waals surface area contributed by atoms with Crippen molar-refractivity contribution >= 4 is 6.16 Å². The molecule has 4 heteroatoms. The minimum absolute atomic E-state index is 0.102.